The Kier molecular flexibility index (Phi) is 4.26. The SMILES string of the molecule is CC(C)C(Br)C(=O)Nc1ccccc1-n1cnnn1. The van der Waals surface area contributed by atoms with Crippen LogP contribution >= 0.6 is 15.9 Å². The summed E-state index contributed by atoms with van der Waals surface area (Å²) in [4.78, 5) is 11.8. The molecule has 2 aromatic rings. The van der Waals surface area contributed by atoms with Crippen LogP contribution in [0.2, 0.25) is 0 Å². The number of aromatic nitrogens is 4. The summed E-state index contributed by atoms with van der Waals surface area (Å²) in [5.41, 5.74) is 1.40. The van der Waals surface area contributed by atoms with E-state index in [0.29, 0.717) is 5.69 Å². The van der Waals surface area contributed by atoms with Crippen molar-refractivity contribution in [2.75, 3.05) is 5.32 Å². The summed E-state index contributed by atoms with van der Waals surface area (Å²) in [7, 11) is 0. The molecule has 1 heterocycles. The van der Waals surface area contributed by atoms with Gasteiger partial charge in [-0.3, -0.25) is 4.79 Å². The summed E-state index contributed by atoms with van der Waals surface area (Å²) >= 11 is 3.38. The van der Waals surface area contributed by atoms with Crippen molar-refractivity contribution in [1.29, 1.82) is 0 Å². The predicted molar refractivity (Wildman–Crippen MR) is 75.3 cm³/mol. The van der Waals surface area contributed by atoms with E-state index in [1.807, 2.05) is 38.1 Å². The van der Waals surface area contributed by atoms with E-state index >= 15 is 0 Å². The van der Waals surface area contributed by atoms with Crippen LogP contribution in [-0.4, -0.2) is 30.9 Å². The number of hydrogen-bond acceptors (Lipinski definition) is 4. The molecule has 1 aromatic carbocycles. The molecule has 0 radical (unpaired) electrons. The summed E-state index contributed by atoms with van der Waals surface area (Å²) in [6.45, 7) is 3.96. The Balaban J connectivity index is 2.24. The molecule has 1 aromatic heterocycles. The maximum atomic E-state index is 12.1. The quantitative estimate of drug-likeness (QED) is 0.874. The molecule has 1 N–H and O–H groups in total. The van der Waals surface area contributed by atoms with E-state index in [0.717, 1.165) is 5.69 Å². The molecule has 0 spiro atoms. The number of carbonyl (C=O) groups excluding carboxylic acids is 1. The smallest absolute Gasteiger partial charge is 0.238 e. The van der Waals surface area contributed by atoms with Gasteiger partial charge in [-0.2, -0.15) is 4.68 Å². The van der Waals surface area contributed by atoms with Crippen LogP contribution in [0.15, 0.2) is 30.6 Å². The van der Waals surface area contributed by atoms with Gasteiger partial charge < -0.3 is 5.32 Å². The van der Waals surface area contributed by atoms with Crippen molar-refractivity contribution < 1.29 is 4.79 Å². The van der Waals surface area contributed by atoms with Gasteiger partial charge in [0.1, 0.15) is 6.33 Å². The zero-order chi connectivity index (χ0) is 13.8. The van der Waals surface area contributed by atoms with Crippen LogP contribution in [0.1, 0.15) is 13.8 Å². The van der Waals surface area contributed by atoms with Crippen LogP contribution < -0.4 is 5.32 Å². The number of halogens is 1. The number of alkyl halides is 1. The van der Waals surface area contributed by atoms with E-state index in [4.69, 9.17) is 0 Å². The molecule has 1 atom stereocenters. The highest BCUT2D eigenvalue weighted by Gasteiger charge is 2.19. The minimum atomic E-state index is -0.241. The van der Waals surface area contributed by atoms with Gasteiger partial charge in [-0.25, -0.2) is 0 Å². The largest absolute Gasteiger partial charge is 0.323 e. The van der Waals surface area contributed by atoms with Crippen LogP contribution in [0.5, 0.6) is 0 Å². The molecule has 1 amide bonds. The van der Waals surface area contributed by atoms with Crippen LogP contribution in [0.25, 0.3) is 5.69 Å². The number of nitrogens with one attached hydrogen (secondary N) is 1. The first kappa shape index (κ1) is 13.7. The zero-order valence-corrected chi connectivity index (χ0v) is 12.2. The van der Waals surface area contributed by atoms with Gasteiger partial charge in [-0.1, -0.05) is 41.9 Å². The van der Waals surface area contributed by atoms with E-state index in [9.17, 15) is 4.79 Å². The fourth-order valence-electron chi connectivity index (χ4n) is 1.56. The first-order valence-electron chi connectivity index (χ1n) is 5.87. The Morgan fingerprint density at radius 3 is 2.74 bits per heavy atom. The van der Waals surface area contributed by atoms with Crippen molar-refractivity contribution in [2.24, 2.45) is 5.92 Å². The molecule has 1 unspecified atom stereocenters. The first-order chi connectivity index (χ1) is 9.09. The second-order valence-corrected chi connectivity index (χ2v) is 5.39. The van der Waals surface area contributed by atoms with Crippen molar-refractivity contribution in [3.63, 3.8) is 0 Å². The molecule has 0 bridgehead atoms. The Labute approximate surface area is 119 Å². The number of amides is 1. The maximum Gasteiger partial charge on any atom is 0.238 e. The molecular weight excluding hydrogens is 310 g/mol. The van der Waals surface area contributed by atoms with Gasteiger partial charge in [-0.05, 0) is 28.5 Å². The van der Waals surface area contributed by atoms with E-state index < -0.39 is 0 Å². The third-order valence-corrected chi connectivity index (χ3v) is 4.07. The molecule has 7 heteroatoms. The minimum Gasteiger partial charge on any atom is -0.323 e. The van der Waals surface area contributed by atoms with E-state index in [2.05, 4.69) is 36.8 Å². The number of benzene rings is 1. The molecule has 0 fully saturated rings. The second-order valence-electron chi connectivity index (χ2n) is 4.41. The number of anilines is 1. The van der Waals surface area contributed by atoms with Gasteiger partial charge >= 0.3 is 0 Å². The lowest BCUT2D eigenvalue weighted by Gasteiger charge is -2.15. The molecule has 0 saturated heterocycles. The highest BCUT2D eigenvalue weighted by Crippen LogP contribution is 2.21. The van der Waals surface area contributed by atoms with Crippen LogP contribution in [0.4, 0.5) is 5.69 Å². The van der Waals surface area contributed by atoms with Gasteiger partial charge in [0.15, 0.2) is 0 Å². The van der Waals surface area contributed by atoms with Crippen molar-refractivity contribution in [1.82, 2.24) is 20.2 Å². The molecule has 0 aliphatic heterocycles. The molecule has 0 aliphatic carbocycles. The summed E-state index contributed by atoms with van der Waals surface area (Å²) < 4.78 is 1.51. The lowest BCUT2D eigenvalue weighted by molar-refractivity contribution is -0.116. The lowest BCUT2D eigenvalue weighted by atomic mass is 10.1. The fourth-order valence-corrected chi connectivity index (χ4v) is 1.67. The van der Waals surface area contributed by atoms with Gasteiger partial charge in [-0.15, -0.1) is 5.10 Å². The maximum absolute atomic E-state index is 12.1. The van der Waals surface area contributed by atoms with Gasteiger partial charge in [0, 0.05) is 0 Å². The number of rotatable bonds is 4. The Hall–Kier alpha value is -1.76. The zero-order valence-electron chi connectivity index (χ0n) is 10.6. The minimum absolute atomic E-state index is 0.0875. The average molecular weight is 324 g/mol. The van der Waals surface area contributed by atoms with Crippen LogP contribution in [0.3, 0.4) is 0 Å². The highest BCUT2D eigenvalue weighted by molar-refractivity contribution is 9.10. The topological polar surface area (TPSA) is 72.7 Å². The Morgan fingerprint density at radius 1 is 1.37 bits per heavy atom. The molecule has 0 saturated carbocycles. The van der Waals surface area contributed by atoms with Crippen molar-refractivity contribution in [3.8, 4) is 5.69 Å². The van der Waals surface area contributed by atoms with Crippen molar-refractivity contribution in [2.45, 2.75) is 18.7 Å². The lowest BCUT2D eigenvalue weighted by Crippen LogP contribution is -2.27. The second kappa shape index (κ2) is 5.92. The molecule has 100 valence electrons. The summed E-state index contributed by atoms with van der Waals surface area (Å²) in [5.74, 6) is 0.121. The summed E-state index contributed by atoms with van der Waals surface area (Å²) in [6, 6.07) is 7.36. The number of tetrazole rings is 1. The number of carbonyl (C=O) groups is 1. The van der Waals surface area contributed by atoms with Gasteiger partial charge in [0.05, 0.1) is 16.2 Å². The van der Waals surface area contributed by atoms with E-state index in [-0.39, 0.29) is 16.7 Å². The van der Waals surface area contributed by atoms with E-state index in [1.54, 1.807) is 0 Å². The van der Waals surface area contributed by atoms with Crippen LogP contribution in [-0.2, 0) is 4.79 Å². The van der Waals surface area contributed by atoms with Crippen molar-refractivity contribution >= 4 is 27.5 Å². The van der Waals surface area contributed by atoms with Gasteiger partial charge in [0.2, 0.25) is 5.91 Å². The number of para-hydroxylation sites is 2. The Bertz CT molecular complexity index is 555. The van der Waals surface area contributed by atoms with Gasteiger partial charge in [0.25, 0.3) is 0 Å². The molecule has 2 rings (SSSR count). The first-order valence-corrected chi connectivity index (χ1v) is 6.78. The number of nitrogens with zero attached hydrogens (tertiary/aromatic N) is 4. The third-order valence-electron chi connectivity index (χ3n) is 2.59. The predicted octanol–water partition coefficient (Wildman–Crippen LogP) is 2.02. The van der Waals surface area contributed by atoms with Crippen LogP contribution in [0, 0.1) is 5.92 Å². The third kappa shape index (κ3) is 3.17. The molecule has 6 nitrogen and oxygen atoms in total. The molecule has 0 aliphatic rings. The average Bonchev–Trinajstić information content (AvgIpc) is 2.92. The highest BCUT2D eigenvalue weighted by atomic mass is 79.9. The fraction of sp³-hybridized carbons (Fsp3) is 0.333. The number of hydrogen-bond donors (Lipinski definition) is 1. The molecular formula is C12H14BrN5O. The van der Waals surface area contributed by atoms with Crippen molar-refractivity contribution in [3.05, 3.63) is 30.6 Å². The summed E-state index contributed by atoms with van der Waals surface area (Å²) in [6.07, 6.45) is 1.49. The standard InChI is InChI=1S/C12H14BrN5O/c1-8(2)11(13)12(19)15-9-5-3-4-6-10(9)18-7-14-16-17-18/h3-8,11H,1-2H3,(H,15,19). The summed E-state index contributed by atoms with van der Waals surface area (Å²) in [5, 5.41) is 13.9. The van der Waals surface area contributed by atoms with E-state index in [1.165, 1.54) is 11.0 Å². The Morgan fingerprint density at radius 2 is 2.11 bits per heavy atom. The normalized spacial score (nSPS) is 12.4. The monoisotopic (exact) mass is 323 g/mol. The molecule has 19 heavy (non-hydrogen) atoms.